The third-order valence-electron chi connectivity index (χ3n) is 3.60. The zero-order chi connectivity index (χ0) is 15.7. The maximum atomic E-state index is 12.4. The summed E-state index contributed by atoms with van der Waals surface area (Å²) in [6.07, 6.45) is 2.16. The van der Waals surface area contributed by atoms with Crippen molar-refractivity contribution in [3.63, 3.8) is 0 Å². The highest BCUT2D eigenvalue weighted by atomic mass is 127. The Balaban J connectivity index is 1.90. The maximum Gasteiger partial charge on any atom is 0.253 e. The molecule has 1 amide bonds. The zero-order valence-corrected chi connectivity index (χ0v) is 15.9. The number of rotatable bonds is 4. The summed E-state index contributed by atoms with van der Waals surface area (Å²) < 4.78 is 2.10. The summed E-state index contributed by atoms with van der Waals surface area (Å²) in [5, 5.41) is 6.43. The minimum atomic E-state index is -0.0190. The summed E-state index contributed by atoms with van der Waals surface area (Å²) in [5.41, 5.74) is 3.66. The lowest BCUT2D eigenvalue weighted by molar-refractivity contribution is 0.0952. The van der Waals surface area contributed by atoms with Crippen molar-refractivity contribution in [1.29, 1.82) is 0 Å². The fourth-order valence-electron chi connectivity index (χ4n) is 2.22. The molecule has 1 aliphatic carbocycles. The summed E-state index contributed by atoms with van der Waals surface area (Å²) in [4.78, 5) is 12.4. The first kappa shape index (κ1) is 15.8. The van der Waals surface area contributed by atoms with Crippen LogP contribution in [-0.4, -0.2) is 11.9 Å². The molecular formula is C17H16BrIN2O. The fraction of sp³-hybridized carbons (Fsp3) is 0.235. The third kappa shape index (κ3) is 3.81. The van der Waals surface area contributed by atoms with Crippen molar-refractivity contribution in [3.8, 4) is 0 Å². The molecule has 1 fully saturated rings. The van der Waals surface area contributed by atoms with Gasteiger partial charge in [-0.05, 0) is 84.3 Å². The molecule has 2 aromatic carbocycles. The van der Waals surface area contributed by atoms with Crippen molar-refractivity contribution in [1.82, 2.24) is 5.32 Å². The quantitative estimate of drug-likeness (QED) is 0.617. The maximum absolute atomic E-state index is 12.4. The molecule has 0 saturated heterocycles. The van der Waals surface area contributed by atoms with Gasteiger partial charge in [0.25, 0.3) is 5.91 Å². The van der Waals surface area contributed by atoms with Gasteiger partial charge in [0.2, 0.25) is 0 Å². The van der Waals surface area contributed by atoms with Crippen LogP contribution in [0.1, 0.15) is 28.8 Å². The van der Waals surface area contributed by atoms with Crippen molar-refractivity contribution in [2.45, 2.75) is 25.8 Å². The Labute approximate surface area is 152 Å². The predicted molar refractivity (Wildman–Crippen MR) is 102 cm³/mol. The summed E-state index contributed by atoms with van der Waals surface area (Å²) in [5.74, 6) is -0.0190. The van der Waals surface area contributed by atoms with E-state index < -0.39 is 0 Å². The highest BCUT2D eigenvalue weighted by Gasteiger charge is 2.25. The lowest BCUT2D eigenvalue weighted by Gasteiger charge is -2.14. The molecule has 1 saturated carbocycles. The molecule has 2 aromatic rings. The van der Waals surface area contributed by atoms with E-state index in [1.807, 2.05) is 24.3 Å². The first-order valence-corrected chi connectivity index (χ1v) is 9.04. The van der Waals surface area contributed by atoms with Gasteiger partial charge in [-0.15, -0.1) is 0 Å². The molecular weight excluding hydrogens is 455 g/mol. The Bertz CT molecular complexity index is 729. The standard InChI is InChI=1S/C17H16BrIN2O/c1-10-8-12(19)3-7-15(10)21-16-6-2-11(18)9-14(16)17(22)20-13-4-5-13/h2-3,6-9,13,21H,4-5H2,1H3,(H,20,22). The third-order valence-corrected chi connectivity index (χ3v) is 4.76. The molecule has 2 N–H and O–H groups in total. The van der Waals surface area contributed by atoms with Gasteiger partial charge < -0.3 is 10.6 Å². The molecule has 3 rings (SSSR count). The van der Waals surface area contributed by atoms with E-state index in [4.69, 9.17) is 0 Å². The molecule has 1 aliphatic rings. The number of amides is 1. The molecule has 114 valence electrons. The van der Waals surface area contributed by atoms with Gasteiger partial charge in [0.05, 0.1) is 11.3 Å². The number of carbonyl (C=O) groups is 1. The second kappa shape index (κ2) is 6.58. The first-order chi connectivity index (χ1) is 10.5. The van der Waals surface area contributed by atoms with Crippen LogP contribution < -0.4 is 10.6 Å². The van der Waals surface area contributed by atoms with Gasteiger partial charge in [-0.1, -0.05) is 15.9 Å². The SMILES string of the molecule is Cc1cc(I)ccc1Nc1ccc(Br)cc1C(=O)NC1CC1. The minimum Gasteiger partial charge on any atom is -0.355 e. The normalized spacial score (nSPS) is 13.8. The van der Waals surface area contributed by atoms with Crippen LogP contribution in [0.2, 0.25) is 0 Å². The zero-order valence-electron chi connectivity index (χ0n) is 12.1. The molecule has 3 nitrogen and oxygen atoms in total. The van der Waals surface area contributed by atoms with E-state index in [9.17, 15) is 4.79 Å². The molecule has 0 atom stereocenters. The van der Waals surface area contributed by atoms with Crippen LogP contribution in [0.4, 0.5) is 11.4 Å². The van der Waals surface area contributed by atoms with Crippen molar-refractivity contribution < 1.29 is 4.79 Å². The average molecular weight is 471 g/mol. The number of aryl methyl sites for hydroxylation is 1. The lowest BCUT2D eigenvalue weighted by atomic mass is 10.1. The Hall–Kier alpha value is -1.08. The summed E-state index contributed by atoms with van der Waals surface area (Å²) in [6, 6.07) is 12.3. The van der Waals surface area contributed by atoms with E-state index in [1.54, 1.807) is 0 Å². The molecule has 0 spiro atoms. The molecule has 0 bridgehead atoms. The Morgan fingerprint density at radius 1 is 1.18 bits per heavy atom. The number of nitrogens with one attached hydrogen (secondary N) is 2. The number of benzene rings is 2. The Kier molecular flexibility index (Phi) is 4.73. The molecule has 0 aromatic heterocycles. The monoisotopic (exact) mass is 470 g/mol. The largest absolute Gasteiger partial charge is 0.355 e. The van der Waals surface area contributed by atoms with E-state index in [0.29, 0.717) is 11.6 Å². The van der Waals surface area contributed by atoms with Gasteiger partial charge in [0.1, 0.15) is 0 Å². The molecule has 0 aliphatic heterocycles. The van der Waals surface area contributed by atoms with Gasteiger partial charge in [-0.2, -0.15) is 0 Å². The highest BCUT2D eigenvalue weighted by molar-refractivity contribution is 14.1. The fourth-order valence-corrected chi connectivity index (χ4v) is 3.22. The average Bonchev–Trinajstić information content (AvgIpc) is 3.27. The van der Waals surface area contributed by atoms with E-state index in [-0.39, 0.29) is 5.91 Å². The minimum absolute atomic E-state index is 0.0190. The Morgan fingerprint density at radius 2 is 1.91 bits per heavy atom. The van der Waals surface area contributed by atoms with E-state index in [0.717, 1.165) is 34.3 Å². The van der Waals surface area contributed by atoms with Crippen LogP contribution >= 0.6 is 38.5 Å². The summed E-state index contributed by atoms with van der Waals surface area (Å²) in [7, 11) is 0. The lowest BCUT2D eigenvalue weighted by Crippen LogP contribution is -2.26. The highest BCUT2D eigenvalue weighted by Crippen LogP contribution is 2.28. The van der Waals surface area contributed by atoms with Crippen molar-refractivity contribution >= 4 is 55.8 Å². The topological polar surface area (TPSA) is 41.1 Å². The van der Waals surface area contributed by atoms with Crippen LogP contribution in [0.5, 0.6) is 0 Å². The van der Waals surface area contributed by atoms with Crippen molar-refractivity contribution in [3.05, 3.63) is 55.6 Å². The Morgan fingerprint density at radius 3 is 2.59 bits per heavy atom. The van der Waals surface area contributed by atoms with Crippen LogP contribution in [0.15, 0.2) is 40.9 Å². The van der Waals surface area contributed by atoms with Crippen LogP contribution in [0, 0.1) is 10.5 Å². The van der Waals surface area contributed by atoms with Crippen LogP contribution in [0.3, 0.4) is 0 Å². The smallest absolute Gasteiger partial charge is 0.253 e. The second-order valence-corrected chi connectivity index (χ2v) is 7.68. The van der Waals surface area contributed by atoms with Gasteiger partial charge in [0, 0.05) is 19.8 Å². The van der Waals surface area contributed by atoms with Gasteiger partial charge in [-0.25, -0.2) is 0 Å². The number of hydrogen-bond donors (Lipinski definition) is 2. The first-order valence-electron chi connectivity index (χ1n) is 7.16. The molecule has 0 unspecified atom stereocenters. The van der Waals surface area contributed by atoms with Gasteiger partial charge >= 0.3 is 0 Å². The van der Waals surface area contributed by atoms with Crippen LogP contribution in [-0.2, 0) is 0 Å². The van der Waals surface area contributed by atoms with Crippen LogP contribution in [0.25, 0.3) is 0 Å². The van der Waals surface area contributed by atoms with Crippen molar-refractivity contribution in [2.24, 2.45) is 0 Å². The summed E-state index contributed by atoms with van der Waals surface area (Å²) in [6.45, 7) is 2.06. The van der Waals surface area contributed by atoms with E-state index in [1.165, 1.54) is 3.57 Å². The van der Waals surface area contributed by atoms with Gasteiger partial charge in [-0.3, -0.25) is 4.79 Å². The predicted octanol–water partition coefficient (Wildman–Crippen LogP) is 5.00. The molecule has 5 heteroatoms. The van der Waals surface area contributed by atoms with E-state index in [2.05, 4.69) is 68.2 Å². The number of carbonyl (C=O) groups excluding carboxylic acids is 1. The van der Waals surface area contributed by atoms with Crippen molar-refractivity contribution in [2.75, 3.05) is 5.32 Å². The molecule has 0 heterocycles. The van der Waals surface area contributed by atoms with Gasteiger partial charge in [0.15, 0.2) is 0 Å². The second-order valence-electron chi connectivity index (χ2n) is 5.52. The number of hydrogen-bond acceptors (Lipinski definition) is 2. The summed E-state index contributed by atoms with van der Waals surface area (Å²) >= 11 is 5.74. The number of anilines is 2. The molecule has 0 radical (unpaired) electrons. The molecule has 22 heavy (non-hydrogen) atoms. The van der Waals surface area contributed by atoms with E-state index >= 15 is 0 Å². The number of halogens is 2.